The number of benzene rings is 2. The van der Waals surface area contributed by atoms with Gasteiger partial charge in [-0.25, -0.2) is 13.8 Å². The molecular weight excluding hydrogens is 446 g/mol. The molecule has 0 saturated heterocycles. The highest BCUT2D eigenvalue weighted by molar-refractivity contribution is 7.89. The molecule has 9 nitrogen and oxygen atoms in total. The first kappa shape index (κ1) is 24.4. The highest BCUT2D eigenvalue weighted by atomic mass is 35.5. The molecule has 0 heterocycles. The van der Waals surface area contributed by atoms with Gasteiger partial charge in [0.25, 0.3) is 5.91 Å². The predicted molar refractivity (Wildman–Crippen MR) is 118 cm³/mol. The molecule has 0 aliphatic heterocycles. The number of hydrogen-bond donors (Lipinski definition) is 1. The van der Waals surface area contributed by atoms with E-state index >= 15 is 0 Å². The minimum Gasteiger partial charge on any atom is -0.495 e. The van der Waals surface area contributed by atoms with E-state index in [0.29, 0.717) is 29.4 Å². The van der Waals surface area contributed by atoms with Crippen LogP contribution in [0.25, 0.3) is 0 Å². The summed E-state index contributed by atoms with van der Waals surface area (Å²) < 4.78 is 41.9. The third-order valence-electron chi connectivity index (χ3n) is 4.09. The van der Waals surface area contributed by atoms with Crippen molar-refractivity contribution in [3.63, 3.8) is 0 Å². The van der Waals surface area contributed by atoms with Crippen molar-refractivity contribution in [1.29, 1.82) is 0 Å². The van der Waals surface area contributed by atoms with Crippen molar-refractivity contribution in [3.8, 4) is 17.2 Å². The number of hydrazone groups is 1. The van der Waals surface area contributed by atoms with Crippen LogP contribution in [0.5, 0.6) is 17.2 Å². The molecule has 0 aliphatic rings. The van der Waals surface area contributed by atoms with Crippen molar-refractivity contribution < 1.29 is 27.4 Å². The van der Waals surface area contributed by atoms with E-state index in [-0.39, 0.29) is 9.92 Å². The summed E-state index contributed by atoms with van der Waals surface area (Å²) in [6.07, 6.45) is 1.41. The van der Waals surface area contributed by atoms with Gasteiger partial charge in [-0.05, 0) is 48.9 Å². The summed E-state index contributed by atoms with van der Waals surface area (Å²) in [5.74, 6) is 0.860. The maximum atomic E-state index is 12.7. The van der Waals surface area contributed by atoms with Crippen molar-refractivity contribution in [2.75, 3.05) is 34.4 Å². The summed E-state index contributed by atoms with van der Waals surface area (Å²) in [7, 11) is 0.305. The lowest BCUT2D eigenvalue weighted by Gasteiger charge is -2.16. The van der Waals surface area contributed by atoms with Gasteiger partial charge < -0.3 is 14.2 Å². The maximum Gasteiger partial charge on any atom is 0.255 e. The van der Waals surface area contributed by atoms with E-state index in [4.69, 9.17) is 25.8 Å². The second kappa shape index (κ2) is 11.0. The first-order valence-electron chi connectivity index (χ1n) is 9.15. The average molecular weight is 470 g/mol. The molecule has 31 heavy (non-hydrogen) atoms. The zero-order chi connectivity index (χ0) is 23.0. The molecule has 0 aromatic heterocycles. The van der Waals surface area contributed by atoms with Crippen molar-refractivity contribution in [2.45, 2.75) is 11.8 Å². The van der Waals surface area contributed by atoms with Gasteiger partial charge in [-0.1, -0.05) is 11.6 Å². The SMILES string of the molecule is CCOc1ccc(/C=N/NC(=O)CN(C)S(=O)(=O)c2ccc(OC)c(Cl)c2)cc1OC. The molecule has 0 atom stereocenters. The third kappa shape index (κ3) is 6.33. The highest BCUT2D eigenvalue weighted by Crippen LogP contribution is 2.28. The molecule has 0 unspecified atom stereocenters. The standard InChI is InChI=1S/C20H24ClN3O6S/c1-5-30-18-8-6-14(10-19(18)29-4)12-22-23-20(25)13-24(2)31(26,27)15-7-9-17(28-3)16(21)11-15/h6-12H,5,13H2,1-4H3,(H,23,25)/b22-12+. The van der Waals surface area contributed by atoms with Crippen LogP contribution >= 0.6 is 11.6 Å². The lowest BCUT2D eigenvalue weighted by Crippen LogP contribution is -2.36. The number of carbonyl (C=O) groups excluding carboxylic acids is 1. The monoisotopic (exact) mass is 469 g/mol. The number of halogens is 1. The Balaban J connectivity index is 2.01. The van der Waals surface area contributed by atoms with Gasteiger partial charge in [-0.15, -0.1) is 0 Å². The Hall–Kier alpha value is -2.82. The van der Waals surface area contributed by atoms with E-state index in [1.807, 2.05) is 6.92 Å². The summed E-state index contributed by atoms with van der Waals surface area (Å²) in [4.78, 5) is 12.1. The summed E-state index contributed by atoms with van der Waals surface area (Å²) in [5.41, 5.74) is 2.96. The fourth-order valence-electron chi connectivity index (χ4n) is 2.53. The van der Waals surface area contributed by atoms with E-state index in [1.165, 1.54) is 45.7 Å². The Labute approximate surface area is 186 Å². The van der Waals surface area contributed by atoms with Crippen LogP contribution in [0.4, 0.5) is 0 Å². The fraction of sp³-hybridized carbons (Fsp3) is 0.300. The van der Waals surface area contributed by atoms with Gasteiger partial charge in [-0.3, -0.25) is 4.79 Å². The number of ether oxygens (including phenoxy) is 3. The van der Waals surface area contributed by atoms with E-state index in [1.54, 1.807) is 18.2 Å². The number of hydrogen-bond acceptors (Lipinski definition) is 7. The van der Waals surface area contributed by atoms with Gasteiger partial charge >= 0.3 is 0 Å². The Morgan fingerprint density at radius 1 is 1.13 bits per heavy atom. The molecule has 0 fully saturated rings. The molecule has 0 radical (unpaired) electrons. The van der Waals surface area contributed by atoms with Crippen LogP contribution in [0.3, 0.4) is 0 Å². The topological polar surface area (TPSA) is 107 Å². The minimum absolute atomic E-state index is 0.0569. The molecule has 1 N–H and O–H groups in total. The molecule has 1 amide bonds. The first-order valence-corrected chi connectivity index (χ1v) is 11.0. The Kier molecular flexibility index (Phi) is 8.66. The van der Waals surface area contributed by atoms with E-state index in [2.05, 4.69) is 10.5 Å². The molecule has 0 spiro atoms. The number of nitrogens with one attached hydrogen (secondary N) is 1. The number of likely N-dealkylation sites (N-methyl/N-ethyl adjacent to an activating group) is 1. The van der Waals surface area contributed by atoms with Gasteiger partial charge in [0.05, 0.1) is 43.5 Å². The van der Waals surface area contributed by atoms with Gasteiger partial charge in [0.2, 0.25) is 10.0 Å². The van der Waals surface area contributed by atoms with Crippen LogP contribution in [-0.2, 0) is 14.8 Å². The largest absolute Gasteiger partial charge is 0.495 e. The number of rotatable bonds is 10. The average Bonchev–Trinajstić information content (AvgIpc) is 2.74. The molecule has 11 heteroatoms. The minimum atomic E-state index is -3.93. The van der Waals surface area contributed by atoms with Crippen molar-refractivity contribution in [2.24, 2.45) is 5.10 Å². The van der Waals surface area contributed by atoms with E-state index in [9.17, 15) is 13.2 Å². The Bertz CT molecular complexity index is 1060. The second-order valence-electron chi connectivity index (χ2n) is 6.19. The summed E-state index contributed by atoms with van der Waals surface area (Å²) >= 11 is 6.00. The van der Waals surface area contributed by atoms with Gasteiger partial charge in [0, 0.05) is 7.05 Å². The van der Waals surface area contributed by atoms with Crippen LogP contribution in [0, 0.1) is 0 Å². The van der Waals surface area contributed by atoms with Gasteiger partial charge in [-0.2, -0.15) is 9.41 Å². The van der Waals surface area contributed by atoms with Crippen molar-refractivity contribution >= 4 is 33.7 Å². The van der Waals surface area contributed by atoms with Crippen LogP contribution in [0.2, 0.25) is 5.02 Å². The molecule has 0 bridgehead atoms. The van der Waals surface area contributed by atoms with Crippen LogP contribution in [0.15, 0.2) is 46.4 Å². The molecule has 168 valence electrons. The fourth-order valence-corrected chi connectivity index (χ4v) is 4.00. The van der Waals surface area contributed by atoms with Gasteiger partial charge in [0.15, 0.2) is 11.5 Å². The number of methoxy groups -OCH3 is 2. The highest BCUT2D eigenvalue weighted by Gasteiger charge is 2.24. The lowest BCUT2D eigenvalue weighted by atomic mass is 10.2. The zero-order valence-corrected chi connectivity index (χ0v) is 19.2. The molecular formula is C20H24ClN3O6S. The molecule has 2 aromatic carbocycles. The summed E-state index contributed by atoms with van der Waals surface area (Å²) in [6.45, 7) is 1.93. The molecule has 2 rings (SSSR count). The normalized spacial score (nSPS) is 11.5. The third-order valence-corrected chi connectivity index (χ3v) is 6.18. The van der Waals surface area contributed by atoms with Gasteiger partial charge in [0.1, 0.15) is 5.75 Å². The Morgan fingerprint density at radius 2 is 1.81 bits per heavy atom. The summed E-state index contributed by atoms with van der Waals surface area (Å²) in [5, 5.41) is 4.01. The maximum absolute atomic E-state index is 12.7. The number of amides is 1. The number of carbonyl (C=O) groups is 1. The first-order chi connectivity index (χ1) is 14.7. The summed E-state index contributed by atoms with van der Waals surface area (Å²) in [6, 6.07) is 9.23. The lowest BCUT2D eigenvalue weighted by molar-refractivity contribution is -0.121. The van der Waals surface area contributed by atoms with Crippen LogP contribution in [0.1, 0.15) is 12.5 Å². The van der Waals surface area contributed by atoms with Crippen LogP contribution in [-0.4, -0.2) is 59.3 Å². The van der Waals surface area contributed by atoms with Crippen molar-refractivity contribution in [3.05, 3.63) is 47.0 Å². The number of sulfonamides is 1. The smallest absolute Gasteiger partial charge is 0.255 e. The van der Waals surface area contributed by atoms with Crippen molar-refractivity contribution in [1.82, 2.24) is 9.73 Å². The quantitative estimate of drug-likeness (QED) is 0.423. The molecule has 0 saturated carbocycles. The van der Waals surface area contributed by atoms with E-state index in [0.717, 1.165) is 4.31 Å². The number of nitrogens with zero attached hydrogens (tertiary/aromatic N) is 2. The van der Waals surface area contributed by atoms with Crippen LogP contribution < -0.4 is 19.6 Å². The van der Waals surface area contributed by atoms with E-state index < -0.39 is 22.5 Å². The molecule has 2 aromatic rings. The second-order valence-corrected chi connectivity index (χ2v) is 8.65. The zero-order valence-electron chi connectivity index (χ0n) is 17.6. The Morgan fingerprint density at radius 3 is 2.42 bits per heavy atom. The molecule has 0 aliphatic carbocycles. The predicted octanol–water partition coefficient (Wildman–Crippen LogP) is 2.53.